The summed E-state index contributed by atoms with van der Waals surface area (Å²) in [7, 11) is 0. The zero-order valence-electron chi connectivity index (χ0n) is 16.9. The summed E-state index contributed by atoms with van der Waals surface area (Å²) in [6, 6.07) is 11.8. The fraction of sp³-hybridized carbons (Fsp3) is 0.0870. The number of aryl methyl sites for hydroxylation is 1. The number of nitrogens with one attached hydrogen (secondary N) is 1. The van der Waals surface area contributed by atoms with Gasteiger partial charge in [-0.05, 0) is 74.1 Å². The molecule has 1 aliphatic heterocycles. The van der Waals surface area contributed by atoms with Gasteiger partial charge in [0.25, 0.3) is 11.8 Å². The van der Waals surface area contributed by atoms with Crippen LogP contribution in [0.2, 0.25) is 5.02 Å². The summed E-state index contributed by atoms with van der Waals surface area (Å²) in [5.41, 5.74) is 2.44. The van der Waals surface area contributed by atoms with Crippen molar-refractivity contribution in [1.82, 2.24) is 9.88 Å². The molecule has 0 saturated carbocycles. The minimum Gasteiger partial charge on any atom is -0.318 e. The molecule has 1 aromatic heterocycles. The minimum atomic E-state index is -0.738. The number of halogens is 3. The second kappa shape index (κ2) is 8.29. The molecule has 1 N–H and O–H groups in total. The lowest BCUT2D eigenvalue weighted by molar-refractivity contribution is -0.122. The van der Waals surface area contributed by atoms with E-state index in [2.05, 4.69) is 5.32 Å². The summed E-state index contributed by atoms with van der Waals surface area (Å²) in [5.74, 6) is -2.60. The highest BCUT2D eigenvalue weighted by molar-refractivity contribution is 7.80. The number of thiocarbonyl (C=S) groups is 1. The first-order valence-corrected chi connectivity index (χ1v) is 10.3. The van der Waals surface area contributed by atoms with Crippen LogP contribution < -0.4 is 10.2 Å². The van der Waals surface area contributed by atoms with Crippen LogP contribution in [-0.2, 0) is 9.59 Å². The lowest BCUT2D eigenvalue weighted by atomic mass is 10.1. The maximum Gasteiger partial charge on any atom is 0.270 e. The first kappa shape index (κ1) is 21.9. The van der Waals surface area contributed by atoms with E-state index in [1.165, 1.54) is 36.4 Å². The number of hydrogen-bond acceptors (Lipinski definition) is 3. The summed E-state index contributed by atoms with van der Waals surface area (Å²) in [6.45, 7) is 3.62. The van der Waals surface area contributed by atoms with Crippen molar-refractivity contribution in [2.75, 3.05) is 4.90 Å². The van der Waals surface area contributed by atoms with Crippen LogP contribution in [-0.4, -0.2) is 21.5 Å². The maximum absolute atomic E-state index is 14.3. The van der Waals surface area contributed by atoms with Gasteiger partial charge in [-0.2, -0.15) is 0 Å². The number of carbonyl (C=O) groups is 2. The molecular weight excluding hydrogens is 456 g/mol. The van der Waals surface area contributed by atoms with E-state index >= 15 is 0 Å². The lowest BCUT2D eigenvalue weighted by Gasteiger charge is -2.29. The van der Waals surface area contributed by atoms with E-state index in [4.69, 9.17) is 23.8 Å². The molecule has 0 radical (unpaired) electrons. The number of nitrogens with zero attached hydrogens (tertiary/aromatic N) is 2. The normalized spacial score (nSPS) is 15.5. The van der Waals surface area contributed by atoms with E-state index in [0.29, 0.717) is 16.9 Å². The Labute approximate surface area is 192 Å². The van der Waals surface area contributed by atoms with Gasteiger partial charge in [0.1, 0.15) is 17.2 Å². The summed E-state index contributed by atoms with van der Waals surface area (Å²) in [5, 5.41) is 2.22. The van der Waals surface area contributed by atoms with Crippen LogP contribution in [0.3, 0.4) is 0 Å². The van der Waals surface area contributed by atoms with E-state index in [-0.39, 0.29) is 21.4 Å². The average molecular weight is 472 g/mol. The standard InChI is InChI=1S/C23H16ClF2N3O2S/c1-12-9-14(13(2)28(12)15-7-8-18(25)17(24)11-15)10-16-21(30)27-23(32)29(22(16)31)20-6-4-3-5-19(20)26/h3-11H,1-2H3,(H,27,30,32)/b16-10-. The van der Waals surface area contributed by atoms with Crippen molar-refractivity contribution < 1.29 is 18.4 Å². The minimum absolute atomic E-state index is 0.0224. The van der Waals surface area contributed by atoms with Gasteiger partial charge in [0.15, 0.2) is 5.11 Å². The smallest absolute Gasteiger partial charge is 0.270 e. The van der Waals surface area contributed by atoms with Crippen LogP contribution in [0.15, 0.2) is 54.1 Å². The van der Waals surface area contributed by atoms with Crippen molar-refractivity contribution in [2.24, 2.45) is 0 Å². The van der Waals surface area contributed by atoms with Gasteiger partial charge < -0.3 is 4.57 Å². The zero-order chi connectivity index (χ0) is 23.2. The second-order valence-corrected chi connectivity index (χ2v) is 7.96. The average Bonchev–Trinajstić information content (AvgIpc) is 3.01. The number of benzene rings is 2. The molecular formula is C23H16ClF2N3O2S. The lowest BCUT2D eigenvalue weighted by Crippen LogP contribution is -2.54. The predicted octanol–water partition coefficient (Wildman–Crippen LogP) is 4.86. The predicted molar refractivity (Wildman–Crippen MR) is 123 cm³/mol. The van der Waals surface area contributed by atoms with Crippen molar-refractivity contribution in [3.05, 3.63) is 87.7 Å². The number of aromatic nitrogens is 1. The van der Waals surface area contributed by atoms with Gasteiger partial charge in [-0.3, -0.25) is 14.9 Å². The van der Waals surface area contributed by atoms with Crippen LogP contribution in [0.1, 0.15) is 17.0 Å². The third-order valence-corrected chi connectivity index (χ3v) is 5.70. The number of anilines is 1. The summed E-state index contributed by atoms with van der Waals surface area (Å²) in [4.78, 5) is 26.7. The Hall–Kier alpha value is -3.36. The molecule has 32 heavy (non-hydrogen) atoms. The first-order valence-electron chi connectivity index (χ1n) is 9.49. The largest absolute Gasteiger partial charge is 0.318 e. The van der Waals surface area contributed by atoms with Gasteiger partial charge in [-0.25, -0.2) is 13.7 Å². The number of hydrogen-bond donors (Lipinski definition) is 1. The third-order valence-electron chi connectivity index (χ3n) is 5.13. The molecule has 0 unspecified atom stereocenters. The Morgan fingerprint density at radius 2 is 1.75 bits per heavy atom. The third kappa shape index (κ3) is 3.72. The summed E-state index contributed by atoms with van der Waals surface area (Å²) >= 11 is 11.0. The molecule has 0 aliphatic carbocycles. The van der Waals surface area contributed by atoms with E-state index in [0.717, 1.165) is 10.6 Å². The van der Waals surface area contributed by atoms with E-state index in [1.807, 2.05) is 11.5 Å². The topological polar surface area (TPSA) is 54.3 Å². The molecule has 9 heteroatoms. The Bertz CT molecular complexity index is 1330. The molecule has 1 fully saturated rings. The fourth-order valence-corrected chi connectivity index (χ4v) is 4.07. The quantitative estimate of drug-likeness (QED) is 0.337. The van der Waals surface area contributed by atoms with E-state index < -0.39 is 23.4 Å². The number of carbonyl (C=O) groups excluding carboxylic acids is 2. The molecule has 2 heterocycles. The monoisotopic (exact) mass is 471 g/mol. The Morgan fingerprint density at radius 1 is 1.03 bits per heavy atom. The molecule has 2 amide bonds. The van der Waals surface area contributed by atoms with Crippen molar-refractivity contribution in [1.29, 1.82) is 0 Å². The zero-order valence-corrected chi connectivity index (χ0v) is 18.5. The molecule has 2 aromatic carbocycles. The molecule has 4 rings (SSSR count). The van der Waals surface area contributed by atoms with E-state index in [1.54, 1.807) is 25.1 Å². The molecule has 3 aromatic rings. The van der Waals surface area contributed by atoms with Gasteiger partial charge in [0.05, 0.1) is 10.7 Å². The van der Waals surface area contributed by atoms with Crippen LogP contribution >= 0.6 is 23.8 Å². The van der Waals surface area contributed by atoms with Gasteiger partial charge in [0, 0.05) is 17.1 Å². The Kier molecular flexibility index (Phi) is 5.66. The van der Waals surface area contributed by atoms with Gasteiger partial charge in [-0.15, -0.1) is 0 Å². The molecule has 1 saturated heterocycles. The molecule has 1 aliphatic rings. The molecule has 0 atom stereocenters. The Balaban J connectivity index is 1.78. The van der Waals surface area contributed by atoms with Gasteiger partial charge in [-0.1, -0.05) is 23.7 Å². The van der Waals surface area contributed by atoms with Crippen LogP contribution in [0.25, 0.3) is 11.8 Å². The molecule has 0 spiro atoms. The van der Waals surface area contributed by atoms with Gasteiger partial charge >= 0.3 is 0 Å². The van der Waals surface area contributed by atoms with Gasteiger partial charge in [0.2, 0.25) is 0 Å². The highest BCUT2D eigenvalue weighted by atomic mass is 35.5. The maximum atomic E-state index is 14.3. The summed E-state index contributed by atoms with van der Waals surface area (Å²) in [6.07, 6.45) is 1.43. The molecule has 5 nitrogen and oxygen atoms in total. The Morgan fingerprint density at radius 3 is 2.44 bits per heavy atom. The molecule has 162 valence electrons. The number of rotatable bonds is 3. The fourth-order valence-electron chi connectivity index (χ4n) is 3.62. The number of para-hydroxylation sites is 1. The van der Waals surface area contributed by atoms with Crippen LogP contribution in [0, 0.1) is 25.5 Å². The van der Waals surface area contributed by atoms with Crippen molar-refractivity contribution in [3.63, 3.8) is 0 Å². The highest BCUT2D eigenvalue weighted by Crippen LogP contribution is 2.28. The number of amides is 2. The summed E-state index contributed by atoms with van der Waals surface area (Å²) < 4.78 is 29.7. The SMILES string of the molecule is Cc1cc(/C=C2/C(=O)NC(=S)N(c3ccccc3F)C2=O)c(C)n1-c1ccc(F)c(Cl)c1. The van der Waals surface area contributed by atoms with Crippen LogP contribution in [0.5, 0.6) is 0 Å². The van der Waals surface area contributed by atoms with Crippen molar-refractivity contribution >= 4 is 52.5 Å². The molecule has 0 bridgehead atoms. The van der Waals surface area contributed by atoms with Crippen molar-refractivity contribution in [2.45, 2.75) is 13.8 Å². The van der Waals surface area contributed by atoms with Crippen molar-refractivity contribution in [3.8, 4) is 5.69 Å². The second-order valence-electron chi connectivity index (χ2n) is 7.17. The van der Waals surface area contributed by atoms with Crippen LogP contribution in [0.4, 0.5) is 14.5 Å². The first-order chi connectivity index (χ1) is 15.2. The van der Waals surface area contributed by atoms with E-state index in [9.17, 15) is 18.4 Å². The highest BCUT2D eigenvalue weighted by Gasteiger charge is 2.35.